The van der Waals surface area contributed by atoms with Crippen molar-refractivity contribution >= 4 is 33.0 Å². The van der Waals surface area contributed by atoms with Crippen LogP contribution in [-0.2, 0) is 7.05 Å². The van der Waals surface area contributed by atoms with Crippen molar-refractivity contribution in [3.8, 4) is 0 Å². The fourth-order valence-corrected chi connectivity index (χ4v) is 3.02. The van der Waals surface area contributed by atoms with Gasteiger partial charge in [-0.2, -0.15) is 0 Å². The normalized spacial score (nSPS) is 11.0. The van der Waals surface area contributed by atoms with Gasteiger partial charge in [0, 0.05) is 41.5 Å². The number of halogens is 1. The third kappa shape index (κ3) is 4.19. The van der Waals surface area contributed by atoms with Crippen LogP contribution in [-0.4, -0.2) is 28.4 Å². The van der Waals surface area contributed by atoms with Gasteiger partial charge in [0.1, 0.15) is 13.1 Å². The molecule has 0 unspecified atom stereocenters. The fourth-order valence-electron chi connectivity index (χ4n) is 2.66. The summed E-state index contributed by atoms with van der Waals surface area (Å²) in [5, 5.41) is 1.32. The predicted octanol–water partition coefficient (Wildman–Crippen LogP) is 4.97. The lowest BCUT2D eigenvalue weighted by atomic mass is 10.2. The van der Waals surface area contributed by atoms with Gasteiger partial charge in [-0.15, -0.1) is 0 Å². The minimum Gasteiger partial charge on any atom is -0.350 e. The van der Waals surface area contributed by atoms with Gasteiger partial charge in [-0.25, -0.2) is 4.58 Å². The largest absolute Gasteiger partial charge is 0.350 e. The second kappa shape index (κ2) is 7.79. The monoisotopic (exact) mass is 349 g/mol. The van der Waals surface area contributed by atoms with E-state index in [-0.39, 0.29) is 0 Å². The molecule has 0 aliphatic rings. The summed E-state index contributed by atoms with van der Waals surface area (Å²) in [7, 11) is 2.12. The van der Waals surface area contributed by atoms with Crippen LogP contribution in [0.5, 0.6) is 0 Å². The number of nitrogens with zero attached hydrogens (tertiary/aromatic N) is 2. The van der Waals surface area contributed by atoms with Gasteiger partial charge in [-0.1, -0.05) is 42.6 Å². The van der Waals surface area contributed by atoms with Crippen molar-refractivity contribution in [3.63, 3.8) is 0 Å². The maximum atomic E-state index is 3.59. The lowest BCUT2D eigenvalue weighted by Gasteiger charge is -2.02. The number of aryl methyl sites for hydroxylation is 1. The number of hydrogen-bond acceptors (Lipinski definition) is 0. The van der Waals surface area contributed by atoms with Crippen LogP contribution in [0.2, 0.25) is 0 Å². The van der Waals surface area contributed by atoms with Gasteiger partial charge in [0.2, 0.25) is 0 Å². The average Bonchev–Trinajstić information content (AvgIpc) is 2.77. The van der Waals surface area contributed by atoms with Crippen LogP contribution in [0.25, 0.3) is 10.9 Å². The lowest BCUT2D eigenvalue weighted by Crippen LogP contribution is -2.16. The second-order valence-corrected chi connectivity index (χ2v) is 6.64. The van der Waals surface area contributed by atoms with Crippen LogP contribution in [0, 0.1) is 0 Å². The molecule has 0 aliphatic carbocycles. The van der Waals surface area contributed by atoms with Gasteiger partial charge >= 0.3 is 0 Å². The zero-order valence-corrected chi connectivity index (χ0v) is 15.0. The van der Waals surface area contributed by atoms with Crippen molar-refractivity contribution < 1.29 is 4.58 Å². The number of aromatic nitrogens is 1. The highest BCUT2D eigenvalue weighted by atomic mass is 79.9. The minimum absolute atomic E-state index is 1.14. The van der Waals surface area contributed by atoms with Crippen LogP contribution in [0.1, 0.15) is 45.1 Å². The molecular weight excluding hydrogens is 324 g/mol. The van der Waals surface area contributed by atoms with E-state index in [1.165, 1.54) is 42.1 Å². The number of hydrogen-bond donors (Lipinski definition) is 0. The Bertz CT molecular complexity index is 615. The van der Waals surface area contributed by atoms with Crippen molar-refractivity contribution in [1.29, 1.82) is 0 Å². The Morgan fingerprint density at radius 2 is 1.81 bits per heavy atom. The third-order valence-corrected chi connectivity index (χ3v) is 4.39. The summed E-state index contributed by atoms with van der Waals surface area (Å²) in [6, 6.07) is 6.51. The highest BCUT2D eigenvalue weighted by Gasteiger charge is 2.10. The SMILES string of the molecule is CCCC[N+](=Cc1cn(C)c2ccc(Br)cc12)CCCC. The number of unbranched alkanes of at least 4 members (excludes halogenated alkanes) is 2. The highest BCUT2D eigenvalue weighted by molar-refractivity contribution is 9.10. The molecule has 1 aromatic heterocycles. The molecule has 1 heterocycles. The van der Waals surface area contributed by atoms with Crippen molar-refractivity contribution in [3.05, 3.63) is 34.4 Å². The van der Waals surface area contributed by atoms with Crippen LogP contribution < -0.4 is 0 Å². The number of rotatable bonds is 7. The summed E-state index contributed by atoms with van der Waals surface area (Å²) in [5.74, 6) is 0. The number of fused-ring (bicyclic) bond motifs is 1. The van der Waals surface area contributed by atoms with Gasteiger partial charge in [0.15, 0.2) is 6.21 Å². The molecule has 1 aromatic carbocycles. The summed E-state index contributed by atoms with van der Waals surface area (Å²) in [6.45, 7) is 6.82. The first-order valence-electron chi connectivity index (χ1n) is 7.99. The van der Waals surface area contributed by atoms with Gasteiger partial charge in [-0.05, 0) is 18.2 Å². The van der Waals surface area contributed by atoms with Gasteiger partial charge in [-0.3, -0.25) is 0 Å². The zero-order chi connectivity index (χ0) is 15.2. The van der Waals surface area contributed by atoms with Crippen LogP contribution in [0.3, 0.4) is 0 Å². The molecule has 0 spiro atoms. The Hall–Kier alpha value is -1.09. The summed E-state index contributed by atoms with van der Waals surface area (Å²) >= 11 is 3.59. The third-order valence-electron chi connectivity index (χ3n) is 3.90. The molecule has 114 valence electrons. The fraction of sp³-hybridized carbons (Fsp3) is 0.500. The highest BCUT2D eigenvalue weighted by Crippen LogP contribution is 2.23. The van der Waals surface area contributed by atoms with Crippen molar-refractivity contribution in [1.82, 2.24) is 4.57 Å². The van der Waals surface area contributed by atoms with Gasteiger partial charge in [0.25, 0.3) is 0 Å². The molecule has 0 aliphatic heterocycles. The first-order valence-corrected chi connectivity index (χ1v) is 8.78. The minimum atomic E-state index is 1.14. The van der Waals surface area contributed by atoms with Crippen LogP contribution in [0.4, 0.5) is 0 Å². The van der Waals surface area contributed by atoms with E-state index in [0.717, 1.165) is 17.6 Å². The van der Waals surface area contributed by atoms with E-state index < -0.39 is 0 Å². The molecule has 0 saturated heterocycles. The topological polar surface area (TPSA) is 7.94 Å². The van der Waals surface area contributed by atoms with E-state index in [4.69, 9.17) is 0 Å². The van der Waals surface area contributed by atoms with Gasteiger partial charge in [0.05, 0.1) is 5.56 Å². The Morgan fingerprint density at radius 1 is 1.14 bits per heavy atom. The molecule has 0 N–H and O–H groups in total. The van der Waals surface area contributed by atoms with E-state index in [1.807, 2.05) is 0 Å². The van der Waals surface area contributed by atoms with E-state index >= 15 is 0 Å². The van der Waals surface area contributed by atoms with E-state index in [2.05, 4.69) is 76.6 Å². The molecule has 0 fully saturated rings. The standard InChI is InChI=1S/C18H26BrN2/c1-4-6-10-21(11-7-5-2)14-15-13-20(3)18-9-8-16(19)12-17(15)18/h8-9,12-14H,4-7,10-11H2,1-3H3/q+1. The van der Waals surface area contributed by atoms with Crippen LogP contribution in [0.15, 0.2) is 28.9 Å². The van der Waals surface area contributed by atoms with Crippen molar-refractivity contribution in [2.24, 2.45) is 7.05 Å². The molecule has 2 rings (SSSR count). The molecule has 0 amide bonds. The zero-order valence-electron chi connectivity index (χ0n) is 13.4. The summed E-state index contributed by atoms with van der Waals surface area (Å²) in [5.41, 5.74) is 2.61. The molecule has 2 nitrogen and oxygen atoms in total. The van der Waals surface area contributed by atoms with Gasteiger partial charge < -0.3 is 4.57 Å². The first-order chi connectivity index (χ1) is 10.2. The molecule has 0 atom stereocenters. The van der Waals surface area contributed by atoms with E-state index in [0.29, 0.717) is 0 Å². The molecular formula is C18H26BrN2+. The Balaban J connectivity index is 2.37. The molecule has 0 radical (unpaired) electrons. The maximum Gasteiger partial charge on any atom is 0.172 e. The summed E-state index contributed by atoms with van der Waals surface area (Å²) < 4.78 is 5.85. The Morgan fingerprint density at radius 3 is 2.43 bits per heavy atom. The number of benzene rings is 1. The van der Waals surface area contributed by atoms with Crippen molar-refractivity contribution in [2.75, 3.05) is 13.1 Å². The van der Waals surface area contributed by atoms with E-state index in [9.17, 15) is 0 Å². The summed E-state index contributed by atoms with van der Waals surface area (Å²) in [6.07, 6.45) is 9.60. The smallest absolute Gasteiger partial charge is 0.172 e. The Labute approximate surface area is 136 Å². The molecule has 0 bridgehead atoms. The predicted molar refractivity (Wildman–Crippen MR) is 95.6 cm³/mol. The second-order valence-electron chi connectivity index (χ2n) is 5.73. The first kappa shape index (κ1) is 16.3. The molecule has 2 aromatic rings. The lowest BCUT2D eigenvalue weighted by molar-refractivity contribution is -0.524. The van der Waals surface area contributed by atoms with Crippen molar-refractivity contribution in [2.45, 2.75) is 39.5 Å². The van der Waals surface area contributed by atoms with Crippen LogP contribution >= 0.6 is 15.9 Å². The summed E-state index contributed by atoms with van der Waals surface area (Å²) in [4.78, 5) is 0. The quantitative estimate of drug-likeness (QED) is 0.492. The maximum absolute atomic E-state index is 3.59. The Kier molecular flexibility index (Phi) is 6.04. The molecule has 3 heteroatoms. The molecule has 0 saturated carbocycles. The average molecular weight is 350 g/mol. The van der Waals surface area contributed by atoms with E-state index in [1.54, 1.807) is 0 Å². The molecule has 21 heavy (non-hydrogen) atoms.